The number of nitrogens with one attached hydrogen (secondary N) is 2. The maximum atomic E-state index is 13.9. The van der Waals surface area contributed by atoms with Crippen molar-refractivity contribution in [1.82, 2.24) is 0 Å². The summed E-state index contributed by atoms with van der Waals surface area (Å²) in [6.45, 7) is 5.38. The van der Waals surface area contributed by atoms with Crippen LogP contribution < -0.4 is 10.0 Å². The Balaban J connectivity index is 2.11. The number of carboxylic acid groups (broad SMARTS) is 1. The van der Waals surface area contributed by atoms with Crippen molar-refractivity contribution in [2.45, 2.75) is 25.7 Å². The molecule has 0 unspecified atom stereocenters. The highest BCUT2D eigenvalue weighted by molar-refractivity contribution is 8.00. The van der Waals surface area contributed by atoms with E-state index in [2.05, 4.69) is 10.0 Å². The molecule has 1 amide bonds. The molecular formula is C18H18F2N2O3S. The molecule has 8 heteroatoms. The van der Waals surface area contributed by atoms with Crippen LogP contribution in [0.1, 0.15) is 31.1 Å². The Kier molecular flexibility index (Phi) is 5.86. The lowest BCUT2D eigenvalue weighted by molar-refractivity contribution is -0.123. The summed E-state index contributed by atoms with van der Waals surface area (Å²) in [5.41, 5.74) is -0.885. The van der Waals surface area contributed by atoms with Crippen molar-refractivity contribution in [2.75, 3.05) is 10.0 Å². The highest BCUT2D eigenvalue weighted by Crippen LogP contribution is 2.27. The molecule has 0 aliphatic carbocycles. The molecule has 2 aromatic rings. The van der Waals surface area contributed by atoms with E-state index in [1.807, 2.05) is 0 Å². The fourth-order valence-corrected chi connectivity index (χ4v) is 2.58. The van der Waals surface area contributed by atoms with Gasteiger partial charge in [-0.1, -0.05) is 26.8 Å². The molecule has 2 aromatic carbocycles. The number of amides is 1. The molecule has 0 aromatic heterocycles. The minimum absolute atomic E-state index is 0.148. The van der Waals surface area contributed by atoms with Crippen molar-refractivity contribution in [3.05, 3.63) is 53.6 Å². The van der Waals surface area contributed by atoms with Crippen LogP contribution in [-0.2, 0) is 4.79 Å². The third-order valence-electron chi connectivity index (χ3n) is 3.34. The maximum absolute atomic E-state index is 13.9. The van der Waals surface area contributed by atoms with Crippen molar-refractivity contribution in [1.29, 1.82) is 0 Å². The molecule has 0 fully saturated rings. The van der Waals surface area contributed by atoms with Crippen LogP contribution in [0, 0.1) is 17.0 Å². The SMILES string of the molecule is CC(C)(C)C(=O)Nc1cccc(SNc2cc(F)c(C(=O)O)cc2F)c1. The maximum Gasteiger partial charge on any atom is 0.338 e. The summed E-state index contributed by atoms with van der Waals surface area (Å²) in [7, 11) is 0. The summed E-state index contributed by atoms with van der Waals surface area (Å²) in [6, 6.07) is 8.26. The molecule has 0 bridgehead atoms. The van der Waals surface area contributed by atoms with Gasteiger partial charge in [0, 0.05) is 22.1 Å². The molecule has 0 aliphatic heterocycles. The van der Waals surface area contributed by atoms with Crippen molar-refractivity contribution >= 4 is 35.2 Å². The monoisotopic (exact) mass is 380 g/mol. The van der Waals surface area contributed by atoms with E-state index in [1.54, 1.807) is 45.0 Å². The highest BCUT2D eigenvalue weighted by atomic mass is 32.2. The first-order valence-corrected chi connectivity index (χ1v) is 8.46. The Morgan fingerprint density at radius 1 is 1.08 bits per heavy atom. The topological polar surface area (TPSA) is 78.4 Å². The zero-order chi connectivity index (χ0) is 19.5. The van der Waals surface area contributed by atoms with E-state index in [1.165, 1.54) is 0 Å². The van der Waals surface area contributed by atoms with E-state index in [4.69, 9.17) is 5.11 Å². The number of halogens is 2. The van der Waals surface area contributed by atoms with Gasteiger partial charge in [-0.25, -0.2) is 13.6 Å². The number of carbonyl (C=O) groups is 2. The first-order chi connectivity index (χ1) is 12.1. The number of carbonyl (C=O) groups excluding carboxylic acids is 1. The van der Waals surface area contributed by atoms with Gasteiger partial charge in [0.05, 0.1) is 11.3 Å². The molecule has 0 heterocycles. The number of benzene rings is 2. The van der Waals surface area contributed by atoms with Crippen LogP contribution in [0.15, 0.2) is 41.3 Å². The highest BCUT2D eigenvalue weighted by Gasteiger charge is 2.21. The number of anilines is 2. The van der Waals surface area contributed by atoms with Gasteiger partial charge < -0.3 is 15.1 Å². The summed E-state index contributed by atoms with van der Waals surface area (Å²) in [5.74, 6) is -3.60. The number of hydrogen-bond donors (Lipinski definition) is 3. The van der Waals surface area contributed by atoms with Gasteiger partial charge in [-0.05, 0) is 36.2 Å². The molecule has 0 spiro atoms. The van der Waals surface area contributed by atoms with Crippen LogP contribution in [0.25, 0.3) is 0 Å². The van der Waals surface area contributed by atoms with Gasteiger partial charge in [0.25, 0.3) is 0 Å². The van der Waals surface area contributed by atoms with Crippen molar-refractivity contribution in [2.24, 2.45) is 5.41 Å². The second-order valence-corrected chi connectivity index (χ2v) is 7.43. The zero-order valence-electron chi connectivity index (χ0n) is 14.4. The third-order valence-corrected chi connectivity index (χ3v) is 4.15. The van der Waals surface area contributed by atoms with Crippen molar-refractivity contribution in [3.8, 4) is 0 Å². The van der Waals surface area contributed by atoms with Crippen LogP contribution in [0.5, 0.6) is 0 Å². The molecule has 2 rings (SSSR count). The summed E-state index contributed by atoms with van der Waals surface area (Å²) in [4.78, 5) is 23.5. The Morgan fingerprint density at radius 2 is 1.77 bits per heavy atom. The lowest BCUT2D eigenvalue weighted by atomic mass is 9.95. The predicted octanol–water partition coefficient (Wildman–Crippen LogP) is 4.77. The first kappa shape index (κ1) is 19.7. The van der Waals surface area contributed by atoms with Gasteiger partial charge in [-0.3, -0.25) is 4.79 Å². The Hall–Kier alpha value is -2.61. The van der Waals surface area contributed by atoms with Crippen molar-refractivity contribution < 1.29 is 23.5 Å². The van der Waals surface area contributed by atoms with Crippen LogP contribution >= 0.6 is 11.9 Å². The second-order valence-electron chi connectivity index (χ2n) is 6.55. The Bertz CT molecular complexity index is 851. The van der Waals surface area contributed by atoms with Crippen LogP contribution in [0.4, 0.5) is 20.2 Å². The standard InChI is InChI=1S/C18H18F2N2O3S/c1-18(2,3)17(25)21-10-5-4-6-11(7-10)26-22-15-9-13(19)12(16(23)24)8-14(15)20/h4-9,22H,1-3H3,(H,21,25)(H,23,24). The van der Waals surface area contributed by atoms with Gasteiger partial charge >= 0.3 is 5.97 Å². The minimum atomic E-state index is -1.54. The van der Waals surface area contributed by atoms with E-state index in [0.29, 0.717) is 16.6 Å². The van der Waals surface area contributed by atoms with Gasteiger partial charge in [0.2, 0.25) is 5.91 Å². The molecule has 138 valence electrons. The van der Waals surface area contributed by atoms with Crippen LogP contribution in [-0.4, -0.2) is 17.0 Å². The number of rotatable bonds is 5. The molecule has 26 heavy (non-hydrogen) atoms. The van der Waals surface area contributed by atoms with Gasteiger partial charge in [-0.15, -0.1) is 0 Å². The molecule has 0 aliphatic rings. The number of hydrogen-bond acceptors (Lipinski definition) is 4. The van der Waals surface area contributed by atoms with Gasteiger partial charge in [0.15, 0.2) is 0 Å². The van der Waals surface area contributed by atoms with Crippen molar-refractivity contribution in [3.63, 3.8) is 0 Å². The molecule has 0 saturated carbocycles. The molecule has 0 saturated heterocycles. The van der Waals surface area contributed by atoms with Gasteiger partial charge in [-0.2, -0.15) is 0 Å². The van der Waals surface area contributed by atoms with Crippen LogP contribution in [0.3, 0.4) is 0 Å². The fraction of sp³-hybridized carbons (Fsp3) is 0.222. The van der Waals surface area contributed by atoms with E-state index in [0.717, 1.165) is 18.0 Å². The summed E-state index contributed by atoms with van der Waals surface area (Å²) in [6.07, 6.45) is 0. The lowest BCUT2D eigenvalue weighted by Crippen LogP contribution is -2.27. The first-order valence-electron chi connectivity index (χ1n) is 7.64. The van der Waals surface area contributed by atoms with E-state index >= 15 is 0 Å². The second kappa shape index (κ2) is 7.74. The quantitative estimate of drug-likeness (QED) is 0.652. The minimum Gasteiger partial charge on any atom is -0.478 e. The Morgan fingerprint density at radius 3 is 2.38 bits per heavy atom. The molecular weight excluding hydrogens is 362 g/mol. The Labute approximate surface area is 153 Å². The van der Waals surface area contributed by atoms with E-state index in [9.17, 15) is 18.4 Å². The predicted molar refractivity (Wildman–Crippen MR) is 97.3 cm³/mol. The number of aromatic carboxylic acids is 1. The molecule has 0 atom stereocenters. The fourth-order valence-electron chi connectivity index (χ4n) is 1.86. The molecule has 0 radical (unpaired) electrons. The third kappa shape index (κ3) is 4.95. The van der Waals surface area contributed by atoms with Crippen LogP contribution in [0.2, 0.25) is 0 Å². The smallest absolute Gasteiger partial charge is 0.338 e. The summed E-state index contributed by atoms with van der Waals surface area (Å²) < 4.78 is 30.2. The number of carboxylic acids is 1. The van der Waals surface area contributed by atoms with E-state index < -0.39 is 28.6 Å². The normalized spacial score (nSPS) is 11.1. The zero-order valence-corrected chi connectivity index (χ0v) is 15.2. The average Bonchev–Trinajstić information content (AvgIpc) is 2.54. The summed E-state index contributed by atoms with van der Waals surface area (Å²) >= 11 is 1.00. The molecule has 5 nitrogen and oxygen atoms in total. The molecule has 3 N–H and O–H groups in total. The average molecular weight is 380 g/mol. The summed E-state index contributed by atoms with van der Waals surface area (Å²) in [5, 5.41) is 11.6. The van der Waals surface area contributed by atoms with E-state index in [-0.39, 0.29) is 11.6 Å². The largest absolute Gasteiger partial charge is 0.478 e. The van der Waals surface area contributed by atoms with Gasteiger partial charge in [0.1, 0.15) is 11.6 Å². The lowest BCUT2D eigenvalue weighted by Gasteiger charge is -2.18.